The second-order valence-corrected chi connectivity index (χ2v) is 25.6. The van der Waals surface area contributed by atoms with Crippen LogP contribution in [0.1, 0.15) is 68.3 Å². The van der Waals surface area contributed by atoms with Crippen molar-refractivity contribution in [3.63, 3.8) is 0 Å². The predicted octanol–water partition coefficient (Wildman–Crippen LogP) is 4.12. The van der Waals surface area contributed by atoms with Gasteiger partial charge in [-0.25, -0.2) is 0 Å². The number of nitrogens with zero attached hydrogens (tertiary/aromatic N) is 7. The molecule has 0 atom stereocenters. The molecule has 0 fully saturated rings. The van der Waals surface area contributed by atoms with Crippen LogP contribution in [0.25, 0.3) is 0 Å². The predicted molar refractivity (Wildman–Crippen MR) is 242 cm³/mol. The van der Waals surface area contributed by atoms with Crippen LogP contribution in [0.15, 0.2) is 57.1 Å². The van der Waals surface area contributed by atoms with E-state index < -0.39 is 10.9 Å². The van der Waals surface area contributed by atoms with E-state index in [1.807, 2.05) is 39.8 Å². The summed E-state index contributed by atoms with van der Waals surface area (Å²) in [6, 6.07) is 10.2. The molecule has 1 amide bonds. The normalized spacial score (nSPS) is 10.1. The summed E-state index contributed by atoms with van der Waals surface area (Å²) < 4.78 is 26.7. The molecule has 5 rings (SSSR count). The third-order valence-corrected chi connectivity index (χ3v) is 17.8. The molecule has 20 nitrogen and oxygen atoms in total. The van der Waals surface area contributed by atoms with Crippen LogP contribution < -0.4 is 11.5 Å². The molecule has 4 N–H and O–H groups in total. The Labute approximate surface area is 394 Å². The van der Waals surface area contributed by atoms with E-state index in [1.165, 1.54) is 38.9 Å². The van der Waals surface area contributed by atoms with Gasteiger partial charge < -0.3 is 0 Å². The molecule has 63 heavy (non-hydrogen) atoms. The van der Waals surface area contributed by atoms with Crippen LogP contribution >= 0.6 is 0 Å². The maximum absolute atomic E-state index is 11.3. The first-order valence-corrected chi connectivity index (χ1v) is 26.2. The molecular weight excluding hydrogens is 1150 g/mol. The van der Waals surface area contributed by atoms with Crippen LogP contribution in [0.4, 0.5) is 22.7 Å². The molecule has 25 heteroatoms. The van der Waals surface area contributed by atoms with Gasteiger partial charge in [-0.2, -0.15) is 0 Å². The van der Waals surface area contributed by atoms with Gasteiger partial charge in [0.05, 0.1) is 0 Å². The first-order valence-electron chi connectivity index (χ1n) is 17.7. The van der Waals surface area contributed by atoms with Gasteiger partial charge in [-0.05, 0) is 0 Å². The Balaban J connectivity index is 0.000000396. The summed E-state index contributed by atoms with van der Waals surface area (Å²) in [7, 11) is 12.6. The van der Waals surface area contributed by atoms with Crippen LogP contribution in [0.3, 0.4) is 0 Å². The van der Waals surface area contributed by atoms with Crippen molar-refractivity contribution in [2.75, 3.05) is 62.4 Å². The zero-order chi connectivity index (χ0) is 48.1. The van der Waals surface area contributed by atoms with Crippen molar-refractivity contribution in [2.45, 2.75) is 34.6 Å². The van der Waals surface area contributed by atoms with E-state index in [2.05, 4.69) is 39.6 Å². The van der Waals surface area contributed by atoms with Crippen molar-refractivity contribution in [3.8, 4) is 0 Å². The Morgan fingerprint density at radius 1 is 0.571 bits per heavy atom. The number of primary amides is 1. The molecule has 5 aromatic heterocycles. The molecule has 0 radical (unpaired) electrons. The number of nitrogens with two attached hydrogens (primary N) is 2. The summed E-state index contributed by atoms with van der Waals surface area (Å²) in [6.45, 7) is 9.51. The van der Waals surface area contributed by atoms with Crippen molar-refractivity contribution in [1.29, 1.82) is 0 Å². The first-order chi connectivity index (χ1) is 29.5. The van der Waals surface area contributed by atoms with Crippen molar-refractivity contribution >= 4 is 125 Å². The standard InChI is InChI=1S/C9H13N3O2Se.C8H12N4OSe.C7H7NO4Se.C7H9NO2Se.C7H8O2Se/c1-6-7(10-11-12(2)3)5-8(15-6)9(13)14-4;1-5-6(10-11-12(2)3)4-7(14-5)8(9)13;1-4-5(8(10)11)3-6(13-4)7(9)12-2;1-4-5(8)3-6(11-4)7(9)10-2;1-5-3-4-6(10-5)7(8)9-2/h5H,1-4H3;4H,1-3H3,(H2,9,13);3H,1-2H3;3H,8H2,1-2H3;3-4H,1-2H3. The number of carbonyl (C=O) groups excluding carboxylic acids is 5. The van der Waals surface area contributed by atoms with E-state index in [9.17, 15) is 34.1 Å². The summed E-state index contributed by atoms with van der Waals surface area (Å²) in [5.41, 5.74) is 13.0. The number of aryl methyl sites for hydroxylation is 5. The Hall–Kier alpha value is -4.65. The number of hydrogen-bond acceptors (Lipinski definition) is 16. The average Bonchev–Trinajstić information content (AvgIpc) is 4.08. The number of methoxy groups -OCH3 is 4. The van der Waals surface area contributed by atoms with Crippen LogP contribution in [0, 0.1) is 44.7 Å². The topological polar surface area (TPSA) is 273 Å². The number of hydrogen-bond donors (Lipinski definition) is 2. The maximum atomic E-state index is 11.3. The van der Waals surface area contributed by atoms with Gasteiger partial charge in [0.1, 0.15) is 0 Å². The number of carbonyl (C=O) groups is 5. The molecule has 0 aromatic carbocycles. The summed E-state index contributed by atoms with van der Waals surface area (Å²) >= 11 is 0.0834. The van der Waals surface area contributed by atoms with Gasteiger partial charge >= 0.3 is 397 Å². The molecule has 0 unspecified atom stereocenters. The number of esters is 4. The summed E-state index contributed by atoms with van der Waals surface area (Å²) in [6.07, 6.45) is 0. The summed E-state index contributed by atoms with van der Waals surface area (Å²) in [4.78, 5) is 64.9. The van der Waals surface area contributed by atoms with E-state index in [4.69, 9.17) is 11.5 Å². The van der Waals surface area contributed by atoms with E-state index in [0.29, 0.717) is 27.9 Å². The fourth-order valence-corrected chi connectivity index (χ4v) is 12.8. The molecule has 0 aliphatic rings. The molecule has 0 saturated heterocycles. The van der Waals surface area contributed by atoms with E-state index in [1.54, 1.807) is 63.3 Å². The van der Waals surface area contributed by atoms with Crippen LogP contribution in [-0.2, 0) is 18.9 Å². The van der Waals surface area contributed by atoms with Crippen LogP contribution in [0.2, 0.25) is 0 Å². The molecule has 0 saturated carbocycles. The number of amides is 1. The van der Waals surface area contributed by atoms with E-state index in [0.717, 1.165) is 29.1 Å². The molecule has 0 bridgehead atoms. The second-order valence-electron chi connectivity index (χ2n) is 12.3. The summed E-state index contributed by atoms with van der Waals surface area (Å²) in [5, 5.41) is 29.4. The van der Waals surface area contributed by atoms with Gasteiger partial charge in [-0.15, -0.1) is 0 Å². The molecule has 342 valence electrons. The van der Waals surface area contributed by atoms with Crippen molar-refractivity contribution < 1.29 is 47.8 Å². The van der Waals surface area contributed by atoms with Gasteiger partial charge in [-0.3, -0.25) is 0 Å². The van der Waals surface area contributed by atoms with Gasteiger partial charge in [0.25, 0.3) is 0 Å². The Kier molecular flexibility index (Phi) is 25.2. The van der Waals surface area contributed by atoms with Gasteiger partial charge in [0.2, 0.25) is 0 Å². The number of anilines is 1. The molecular formula is C38H49N9O11Se5. The van der Waals surface area contributed by atoms with E-state index >= 15 is 0 Å². The monoisotopic (exact) mass is 1210 g/mol. The van der Waals surface area contributed by atoms with Crippen LogP contribution in [-0.4, -0.2) is 174 Å². The third kappa shape index (κ3) is 19.7. The minimum atomic E-state index is -0.479. The van der Waals surface area contributed by atoms with Gasteiger partial charge in [0, 0.05) is 0 Å². The summed E-state index contributed by atoms with van der Waals surface area (Å²) in [5.74, 6) is -1.56. The molecule has 0 aliphatic carbocycles. The minimum absolute atomic E-state index is 0.0203. The Morgan fingerprint density at radius 3 is 1.29 bits per heavy atom. The SMILES string of the molecule is COC(=O)c1cc(N)c(C)[se]1.COC(=O)c1cc(N=NN(C)C)c(C)[se]1.COC(=O)c1cc([N+](=O)[O-])c(C)[se]1.COC(=O)c1ccc(C)[se]1.Cc1[se]c(C(N)=O)cc1N=NN(C)C. The van der Waals surface area contributed by atoms with Gasteiger partial charge in [0.15, 0.2) is 0 Å². The zero-order valence-electron chi connectivity index (χ0n) is 36.8. The Bertz CT molecular complexity index is 2370. The van der Waals surface area contributed by atoms with E-state index in [-0.39, 0.29) is 102 Å². The first kappa shape index (κ1) is 56.4. The van der Waals surface area contributed by atoms with Crippen molar-refractivity contribution in [3.05, 3.63) is 90.9 Å². The fourth-order valence-electron chi connectivity index (χ4n) is 3.94. The average molecular weight is 1200 g/mol. The zero-order valence-corrected chi connectivity index (χ0v) is 45.3. The number of nitrogen functional groups attached to an aromatic ring is 1. The molecule has 0 spiro atoms. The van der Waals surface area contributed by atoms with Crippen molar-refractivity contribution in [1.82, 2.24) is 10.0 Å². The van der Waals surface area contributed by atoms with Crippen LogP contribution in [0.5, 0.6) is 0 Å². The van der Waals surface area contributed by atoms with Gasteiger partial charge in [-0.1, -0.05) is 0 Å². The van der Waals surface area contributed by atoms with Crippen molar-refractivity contribution in [2.24, 2.45) is 26.4 Å². The number of ether oxygens (including phenoxy) is 4. The molecule has 5 heterocycles. The number of rotatable bonds is 10. The quantitative estimate of drug-likeness (QED) is 0.0498. The molecule has 0 aliphatic heterocycles. The second kappa shape index (κ2) is 28.2. The third-order valence-electron chi connectivity index (χ3n) is 7.02. The number of nitro groups is 1. The molecule has 5 aromatic rings. The Morgan fingerprint density at radius 2 is 0.952 bits per heavy atom. The fraction of sp³-hybridized carbons (Fsp3) is 0.342.